The predicted molar refractivity (Wildman–Crippen MR) is 45.5 cm³/mol. The number of nitrogens with zero attached hydrogens (tertiary/aromatic N) is 1. The van der Waals surface area contributed by atoms with E-state index in [0.29, 0.717) is 0 Å². The Bertz CT molecular complexity index is 329. The molecule has 56 valence electrons. The standard InChI is InChI=1S/C9H10N2/c1-2-8-5-7-3-4-10-6-9(7)11-8/h3-6,11H,2H2,1H3. The molecule has 0 bridgehead atoms. The fourth-order valence-electron chi connectivity index (χ4n) is 1.22. The number of aromatic nitrogens is 2. The van der Waals surface area contributed by atoms with Crippen LogP contribution in [0.3, 0.4) is 0 Å². The minimum absolute atomic E-state index is 1.05. The molecule has 0 unspecified atom stereocenters. The van der Waals surface area contributed by atoms with Crippen molar-refractivity contribution in [2.75, 3.05) is 0 Å². The van der Waals surface area contributed by atoms with Gasteiger partial charge in [-0.2, -0.15) is 0 Å². The Morgan fingerprint density at radius 2 is 2.45 bits per heavy atom. The van der Waals surface area contributed by atoms with Crippen molar-refractivity contribution >= 4 is 10.9 Å². The van der Waals surface area contributed by atoms with E-state index in [-0.39, 0.29) is 0 Å². The Hall–Kier alpha value is -1.31. The number of aryl methyl sites for hydroxylation is 1. The van der Waals surface area contributed by atoms with Crippen LogP contribution in [0, 0.1) is 0 Å². The van der Waals surface area contributed by atoms with Crippen LogP contribution in [0.25, 0.3) is 10.9 Å². The third-order valence-electron chi connectivity index (χ3n) is 1.86. The normalized spacial score (nSPS) is 10.6. The molecule has 0 aromatic carbocycles. The molecule has 0 fully saturated rings. The van der Waals surface area contributed by atoms with Crippen molar-refractivity contribution in [3.8, 4) is 0 Å². The molecule has 0 atom stereocenters. The second kappa shape index (κ2) is 2.38. The molecule has 0 saturated heterocycles. The van der Waals surface area contributed by atoms with Gasteiger partial charge in [0.25, 0.3) is 0 Å². The molecule has 2 heterocycles. The Kier molecular flexibility index (Phi) is 1.39. The maximum Gasteiger partial charge on any atom is 0.0642 e. The Balaban J connectivity index is 2.69. The summed E-state index contributed by atoms with van der Waals surface area (Å²) in [5.74, 6) is 0. The van der Waals surface area contributed by atoms with E-state index in [1.54, 1.807) is 0 Å². The zero-order valence-electron chi connectivity index (χ0n) is 6.46. The van der Waals surface area contributed by atoms with Crippen LogP contribution in [0.4, 0.5) is 0 Å². The summed E-state index contributed by atoms with van der Waals surface area (Å²) in [6, 6.07) is 4.18. The van der Waals surface area contributed by atoms with Crippen molar-refractivity contribution in [1.82, 2.24) is 9.97 Å². The largest absolute Gasteiger partial charge is 0.357 e. The first-order chi connectivity index (χ1) is 5.40. The third-order valence-corrected chi connectivity index (χ3v) is 1.86. The lowest BCUT2D eigenvalue weighted by Gasteiger charge is -1.84. The molecular weight excluding hydrogens is 136 g/mol. The highest BCUT2D eigenvalue weighted by Gasteiger charge is 1.96. The molecule has 2 heteroatoms. The van der Waals surface area contributed by atoms with Gasteiger partial charge in [-0.3, -0.25) is 4.98 Å². The molecule has 0 saturated carbocycles. The topological polar surface area (TPSA) is 28.7 Å². The number of H-pyrrole nitrogens is 1. The zero-order valence-corrected chi connectivity index (χ0v) is 6.46. The van der Waals surface area contributed by atoms with Crippen LogP contribution in [0.2, 0.25) is 0 Å². The molecule has 2 aromatic heterocycles. The van der Waals surface area contributed by atoms with Crippen LogP contribution >= 0.6 is 0 Å². The number of hydrogen-bond acceptors (Lipinski definition) is 1. The van der Waals surface area contributed by atoms with Crippen molar-refractivity contribution in [2.45, 2.75) is 13.3 Å². The molecule has 0 spiro atoms. The number of fused-ring (bicyclic) bond motifs is 1. The summed E-state index contributed by atoms with van der Waals surface area (Å²) in [5, 5.41) is 1.25. The van der Waals surface area contributed by atoms with Gasteiger partial charge in [0.2, 0.25) is 0 Å². The average Bonchev–Trinajstić information content (AvgIpc) is 2.46. The van der Waals surface area contributed by atoms with Crippen LogP contribution in [-0.4, -0.2) is 9.97 Å². The van der Waals surface area contributed by atoms with Gasteiger partial charge in [-0.15, -0.1) is 0 Å². The number of nitrogens with one attached hydrogen (secondary N) is 1. The second-order valence-electron chi connectivity index (χ2n) is 2.61. The van der Waals surface area contributed by atoms with Crippen molar-refractivity contribution in [3.05, 3.63) is 30.2 Å². The molecule has 2 nitrogen and oxygen atoms in total. The maximum atomic E-state index is 4.03. The van der Waals surface area contributed by atoms with Crippen LogP contribution in [0.1, 0.15) is 12.6 Å². The molecule has 0 aliphatic rings. The van der Waals surface area contributed by atoms with Gasteiger partial charge in [0.15, 0.2) is 0 Å². The number of pyridine rings is 1. The summed E-state index contributed by atoms with van der Waals surface area (Å²) in [5.41, 5.74) is 2.40. The molecule has 11 heavy (non-hydrogen) atoms. The van der Waals surface area contributed by atoms with Crippen molar-refractivity contribution in [3.63, 3.8) is 0 Å². The maximum absolute atomic E-state index is 4.03. The summed E-state index contributed by atoms with van der Waals surface area (Å²) in [6.45, 7) is 2.14. The van der Waals surface area contributed by atoms with E-state index in [4.69, 9.17) is 0 Å². The Morgan fingerprint density at radius 1 is 1.55 bits per heavy atom. The van der Waals surface area contributed by atoms with Gasteiger partial charge in [-0.25, -0.2) is 0 Å². The monoisotopic (exact) mass is 146 g/mol. The van der Waals surface area contributed by atoms with Crippen molar-refractivity contribution in [1.29, 1.82) is 0 Å². The van der Waals surface area contributed by atoms with Crippen LogP contribution in [-0.2, 0) is 6.42 Å². The molecule has 0 amide bonds. The first-order valence-corrected chi connectivity index (χ1v) is 3.82. The van der Waals surface area contributed by atoms with E-state index >= 15 is 0 Å². The molecule has 2 aromatic rings. The number of rotatable bonds is 1. The molecule has 0 radical (unpaired) electrons. The first kappa shape index (κ1) is 6.40. The van der Waals surface area contributed by atoms with Gasteiger partial charge in [-0.05, 0) is 18.6 Å². The van der Waals surface area contributed by atoms with Gasteiger partial charge < -0.3 is 4.98 Å². The fourth-order valence-corrected chi connectivity index (χ4v) is 1.22. The van der Waals surface area contributed by atoms with E-state index in [1.165, 1.54) is 11.1 Å². The quantitative estimate of drug-likeness (QED) is 0.656. The minimum atomic E-state index is 1.05. The summed E-state index contributed by atoms with van der Waals surface area (Å²) < 4.78 is 0. The smallest absolute Gasteiger partial charge is 0.0642 e. The van der Waals surface area contributed by atoms with Gasteiger partial charge in [0.05, 0.1) is 11.7 Å². The molecule has 0 aliphatic heterocycles. The minimum Gasteiger partial charge on any atom is -0.357 e. The number of aromatic amines is 1. The van der Waals surface area contributed by atoms with E-state index in [1.807, 2.05) is 18.5 Å². The summed E-state index contributed by atoms with van der Waals surface area (Å²) in [4.78, 5) is 7.31. The Morgan fingerprint density at radius 3 is 3.18 bits per heavy atom. The lowest BCUT2D eigenvalue weighted by Crippen LogP contribution is -1.75. The van der Waals surface area contributed by atoms with Gasteiger partial charge in [0.1, 0.15) is 0 Å². The first-order valence-electron chi connectivity index (χ1n) is 3.82. The third kappa shape index (κ3) is 1.00. The lowest BCUT2D eigenvalue weighted by molar-refractivity contribution is 1.07. The van der Waals surface area contributed by atoms with E-state index < -0.39 is 0 Å². The molecule has 2 rings (SSSR count). The highest BCUT2D eigenvalue weighted by Crippen LogP contribution is 2.12. The molecule has 1 N–H and O–H groups in total. The highest BCUT2D eigenvalue weighted by atomic mass is 14.7. The summed E-state index contributed by atoms with van der Waals surface area (Å²) in [6.07, 6.45) is 4.72. The predicted octanol–water partition coefficient (Wildman–Crippen LogP) is 2.13. The molecule has 0 aliphatic carbocycles. The van der Waals surface area contributed by atoms with Crippen LogP contribution in [0.15, 0.2) is 24.5 Å². The SMILES string of the molecule is CCc1cc2ccncc2[nH]1. The lowest BCUT2D eigenvalue weighted by atomic mass is 10.3. The van der Waals surface area contributed by atoms with Crippen molar-refractivity contribution in [2.24, 2.45) is 0 Å². The van der Waals surface area contributed by atoms with E-state index in [9.17, 15) is 0 Å². The van der Waals surface area contributed by atoms with Crippen LogP contribution < -0.4 is 0 Å². The van der Waals surface area contributed by atoms with Gasteiger partial charge >= 0.3 is 0 Å². The highest BCUT2D eigenvalue weighted by molar-refractivity contribution is 5.79. The van der Waals surface area contributed by atoms with Crippen LogP contribution in [0.5, 0.6) is 0 Å². The van der Waals surface area contributed by atoms with Crippen molar-refractivity contribution < 1.29 is 0 Å². The summed E-state index contributed by atoms with van der Waals surface area (Å²) >= 11 is 0. The fraction of sp³-hybridized carbons (Fsp3) is 0.222. The Labute approximate surface area is 65.3 Å². The van der Waals surface area contributed by atoms with E-state index in [2.05, 4.69) is 23.0 Å². The second-order valence-corrected chi connectivity index (χ2v) is 2.61. The number of hydrogen-bond donors (Lipinski definition) is 1. The van der Waals surface area contributed by atoms with E-state index in [0.717, 1.165) is 11.9 Å². The summed E-state index contributed by atoms with van der Waals surface area (Å²) in [7, 11) is 0. The average molecular weight is 146 g/mol. The van der Waals surface area contributed by atoms with Gasteiger partial charge in [-0.1, -0.05) is 6.92 Å². The van der Waals surface area contributed by atoms with Gasteiger partial charge in [0, 0.05) is 17.3 Å². The zero-order chi connectivity index (χ0) is 7.68. The molecular formula is C9H10N2.